The summed E-state index contributed by atoms with van der Waals surface area (Å²) in [5, 5.41) is 0. The molecule has 0 fully saturated rings. The summed E-state index contributed by atoms with van der Waals surface area (Å²) in [6, 6.07) is -0.166. The van der Waals surface area contributed by atoms with E-state index in [0.717, 1.165) is 0 Å². The molecule has 0 amide bonds. The van der Waals surface area contributed by atoms with Crippen LogP contribution in [-0.4, -0.2) is 31.9 Å². The molecule has 88 valence electrons. The number of nitrogens with zero attached hydrogens (tertiary/aromatic N) is 1. The van der Waals surface area contributed by atoms with Crippen molar-refractivity contribution in [2.75, 3.05) is 13.1 Å². The molecule has 0 radical (unpaired) electrons. The maximum atomic E-state index is 11.8. The van der Waals surface area contributed by atoms with Crippen molar-refractivity contribution in [2.45, 2.75) is 39.7 Å². The smallest absolute Gasteiger partial charge is 0.198 e. The van der Waals surface area contributed by atoms with Gasteiger partial charge in [0.05, 0.1) is 0 Å². The van der Waals surface area contributed by atoms with Gasteiger partial charge in [0.1, 0.15) is 0 Å². The van der Waals surface area contributed by atoms with Crippen molar-refractivity contribution >= 4 is 10.2 Å². The van der Waals surface area contributed by atoms with Gasteiger partial charge in [-0.3, -0.25) is 0 Å². The van der Waals surface area contributed by atoms with E-state index in [1.807, 2.05) is 20.8 Å². The van der Waals surface area contributed by atoms with Crippen LogP contribution in [0.5, 0.6) is 0 Å². The fraction of sp³-hybridized carbons (Fsp3) is 0.800. The normalized spacial score (nSPS) is 13.8. The lowest BCUT2D eigenvalue weighted by atomic mass is 10.2. The van der Waals surface area contributed by atoms with E-state index < -0.39 is 10.2 Å². The molecule has 4 nitrogen and oxygen atoms in total. The van der Waals surface area contributed by atoms with Crippen molar-refractivity contribution in [2.24, 2.45) is 0 Å². The number of hydrogen-bond donors (Lipinski definition) is 1. The number of nitrogens with one attached hydrogen (secondary N) is 1. The molecule has 0 aliphatic carbocycles. The molecule has 0 aromatic rings. The van der Waals surface area contributed by atoms with Gasteiger partial charge in [-0.2, -0.15) is 17.4 Å². The summed E-state index contributed by atoms with van der Waals surface area (Å²) in [7, 11) is -3.37. The molecule has 0 bridgehead atoms. The molecule has 0 heterocycles. The first kappa shape index (κ1) is 14.4. The first-order valence-electron chi connectivity index (χ1n) is 5.22. The zero-order valence-corrected chi connectivity index (χ0v) is 10.5. The van der Waals surface area contributed by atoms with E-state index in [0.29, 0.717) is 25.9 Å². The van der Waals surface area contributed by atoms with Crippen LogP contribution in [0.3, 0.4) is 0 Å². The Morgan fingerprint density at radius 1 is 1.33 bits per heavy atom. The van der Waals surface area contributed by atoms with Crippen LogP contribution >= 0.6 is 0 Å². The topological polar surface area (TPSA) is 49.4 Å². The van der Waals surface area contributed by atoms with Crippen LogP contribution in [0.4, 0.5) is 0 Å². The van der Waals surface area contributed by atoms with Crippen molar-refractivity contribution in [3.63, 3.8) is 0 Å². The summed E-state index contributed by atoms with van der Waals surface area (Å²) in [5.41, 5.74) is 0. The highest BCUT2D eigenvalue weighted by atomic mass is 32.2. The molecule has 0 aliphatic heterocycles. The van der Waals surface area contributed by atoms with Gasteiger partial charge in [0, 0.05) is 25.6 Å². The Kier molecular flexibility index (Phi) is 6.57. The second kappa shape index (κ2) is 6.83. The Bertz CT molecular complexity index is 302. The van der Waals surface area contributed by atoms with Gasteiger partial charge in [-0.1, -0.05) is 20.8 Å². The Morgan fingerprint density at radius 2 is 1.87 bits per heavy atom. The van der Waals surface area contributed by atoms with E-state index in [2.05, 4.69) is 10.6 Å². The fourth-order valence-corrected chi connectivity index (χ4v) is 2.76. The van der Waals surface area contributed by atoms with Crippen LogP contribution in [0.15, 0.2) is 0 Å². The third-order valence-electron chi connectivity index (χ3n) is 2.22. The van der Waals surface area contributed by atoms with Crippen LogP contribution in [0, 0.1) is 12.3 Å². The van der Waals surface area contributed by atoms with Crippen LogP contribution in [0.2, 0.25) is 0 Å². The summed E-state index contributed by atoms with van der Waals surface area (Å²) in [4.78, 5) is 0. The largest absolute Gasteiger partial charge is 0.279 e. The summed E-state index contributed by atoms with van der Waals surface area (Å²) in [6.07, 6.45) is 6.29. The van der Waals surface area contributed by atoms with Crippen molar-refractivity contribution in [1.29, 1.82) is 0 Å². The zero-order valence-electron chi connectivity index (χ0n) is 9.66. The van der Waals surface area contributed by atoms with Crippen molar-refractivity contribution in [1.82, 2.24) is 9.03 Å². The Hall–Kier alpha value is -0.570. The third-order valence-corrected chi connectivity index (χ3v) is 4.05. The monoisotopic (exact) mass is 232 g/mol. The average molecular weight is 232 g/mol. The predicted molar refractivity (Wildman–Crippen MR) is 62.5 cm³/mol. The van der Waals surface area contributed by atoms with Gasteiger partial charge >= 0.3 is 0 Å². The van der Waals surface area contributed by atoms with Crippen LogP contribution < -0.4 is 4.72 Å². The molecule has 0 aromatic heterocycles. The molecule has 0 saturated heterocycles. The minimum absolute atomic E-state index is 0.166. The quantitative estimate of drug-likeness (QED) is 0.665. The van der Waals surface area contributed by atoms with Gasteiger partial charge < -0.3 is 0 Å². The van der Waals surface area contributed by atoms with Crippen molar-refractivity contribution < 1.29 is 8.42 Å². The van der Waals surface area contributed by atoms with Gasteiger partial charge in [0.25, 0.3) is 10.2 Å². The van der Waals surface area contributed by atoms with E-state index in [1.54, 1.807) is 0 Å². The number of rotatable bonds is 7. The Labute approximate surface area is 93.2 Å². The van der Waals surface area contributed by atoms with Crippen LogP contribution in [-0.2, 0) is 10.2 Å². The SMILES string of the molecule is C#CCC(CC)NS(=O)(=O)N(CC)CC. The van der Waals surface area contributed by atoms with Gasteiger partial charge in [0.2, 0.25) is 0 Å². The number of hydrogen-bond acceptors (Lipinski definition) is 2. The maximum absolute atomic E-state index is 11.8. The van der Waals surface area contributed by atoms with E-state index >= 15 is 0 Å². The molecule has 5 heteroatoms. The first-order valence-corrected chi connectivity index (χ1v) is 6.66. The summed E-state index contributed by atoms with van der Waals surface area (Å²) < 4.78 is 27.5. The second-order valence-corrected chi connectivity index (χ2v) is 4.92. The van der Waals surface area contributed by atoms with E-state index in [1.165, 1.54) is 4.31 Å². The van der Waals surface area contributed by atoms with Crippen molar-refractivity contribution in [3.05, 3.63) is 0 Å². The highest BCUT2D eigenvalue weighted by Crippen LogP contribution is 2.03. The van der Waals surface area contributed by atoms with Gasteiger partial charge in [-0.25, -0.2) is 0 Å². The van der Waals surface area contributed by atoms with Crippen molar-refractivity contribution in [3.8, 4) is 12.3 Å². The molecule has 1 atom stereocenters. The van der Waals surface area contributed by atoms with Gasteiger partial charge in [-0.05, 0) is 6.42 Å². The van der Waals surface area contributed by atoms with Crippen LogP contribution in [0.25, 0.3) is 0 Å². The van der Waals surface area contributed by atoms with E-state index in [-0.39, 0.29) is 6.04 Å². The lowest BCUT2D eigenvalue weighted by molar-refractivity contribution is 0.423. The molecule has 15 heavy (non-hydrogen) atoms. The van der Waals surface area contributed by atoms with Gasteiger partial charge in [-0.15, -0.1) is 12.3 Å². The fourth-order valence-electron chi connectivity index (χ4n) is 1.26. The highest BCUT2D eigenvalue weighted by Gasteiger charge is 2.21. The lowest BCUT2D eigenvalue weighted by Gasteiger charge is -2.22. The summed E-state index contributed by atoms with van der Waals surface area (Å²) in [6.45, 7) is 6.47. The first-order chi connectivity index (χ1) is 7.01. The molecular weight excluding hydrogens is 212 g/mol. The molecule has 0 rings (SSSR count). The minimum atomic E-state index is -3.37. The molecule has 0 saturated carbocycles. The van der Waals surface area contributed by atoms with E-state index in [9.17, 15) is 8.42 Å². The maximum Gasteiger partial charge on any atom is 0.279 e. The Balaban J connectivity index is 4.54. The molecule has 1 unspecified atom stereocenters. The molecule has 0 aromatic carbocycles. The minimum Gasteiger partial charge on any atom is -0.198 e. The second-order valence-electron chi connectivity index (χ2n) is 3.22. The molecule has 0 aliphatic rings. The van der Waals surface area contributed by atoms with E-state index in [4.69, 9.17) is 6.42 Å². The van der Waals surface area contributed by atoms with Gasteiger partial charge in [0.15, 0.2) is 0 Å². The average Bonchev–Trinajstić information content (AvgIpc) is 2.18. The number of terminal acetylenes is 1. The van der Waals surface area contributed by atoms with Crippen LogP contribution in [0.1, 0.15) is 33.6 Å². The summed E-state index contributed by atoms with van der Waals surface area (Å²) >= 11 is 0. The Morgan fingerprint density at radius 3 is 2.20 bits per heavy atom. The lowest BCUT2D eigenvalue weighted by Crippen LogP contribution is -2.45. The zero-order chi connectivity index (χ0) is 11.9. The standard InChI is InChI=1S/C10H20N2O2S/c1-5-9-10(6-2)11-15(13,14)12(7-3)8-4/h1,10-11H,6-9H2,2-4H3. The highest BCUT2D eigenvalue weighted by molar-refractivity contribution is 7.87. The molecule has 0 spiro atoms. The summed E-state index contributed by atoms with van der Waals surface area (Å²) in [5.74, 6) is 2.47. The third kappa shape index (κ3) is 4.65. The molecular formula is C10H20N2O2S. The predicted octanol–water partition coefficient (Wildman–Crippen LogP) is 0.964. The molecule has 1 N–H and O–H groups in total.